The van der Waals surface area contributed by atoms with Crippen LogP contribution >= 0.6 is 0 Å². The highest BCUT2D eigenvalue weighted by molar-refractivity contribution is 5.81. The van der Waals surface area contributed by atoms with E-state index in [1.807, 2.05) is 30.3 Å². The highest BCUT2D eigenvalue weighted by Crippen LogP contribution is 2.29. The van der Waals surface area contributed by atoms with Crippen molar-refractivity contribution < 1.29 is 4.79 Å². The predicted octanol–water partition coefficient (Wildman–Crippen LogP) is 2.63. The maximum atomic E-state index is 11.8. The zero-order valence-corrected chi connectivity index (χ0v) is 11.7. The number of carbonyl (C=O) groups is 1. The second-order valence-electron chi connectivity index (χ2n) is 6.03. The molecule has 0 spiro atoms. The predicted molar refractivity (Wildman–Crippen MR) is 75.0 cm³/mol. The molecule has 0 aliphatic rings. The molecule has 2 atom stereocenters. The second kappa shape index (κ2) is 6.01. The average molecular weight is 248 g/mol. The molecule has 1 aromatic carbocycles. The van der Waals surface area contributed by atoms with Gasteiger partial charge in [0.2, 0.25) is 5.91 Å². The molecule has 0 fully saturated rings. The van der Waals surface area contributed by atoms with Crippen LogP contribution in [0.15, 0.2) is 30.3 Å². The molecule has 0 aliphatic carbocycles. The minimum Gasteiger partial charge on any atom is -0.348 e. The number of nitrogens with one attached hydrogen (secondary N) is 1. The molecular formula is C15H24N2O. The largest absolute Gasteiger partial charge is 0.348 e. The van der Waals surface area contributed by atoms with Crippen molar-refractivity contribution in [2.24, 2.45) is 11.1 Å². The maximum Gasteiger partial charge on any atom is 0.237 e. The molecule has 100 valence electrons. The van der Waals surface area contributed by atoms with E-state index in [-0.39, 0.29) is 17.4 Å². The summed E-state index contributed by atoms with van der Waals surface area (Å²) in [6.07, 6.45) is 0.884. The van der Waals surface area contributed by atoms with Crippen LogP contribution in [-0.4, -0.2) is 11.9 Å². The van der Waals surface area contributed by atoms with E-state index in [9.17, 15) is 4.79 Å². The molecule has 1 amide bonds. The van der Waals surface area contributed by atoms with Crippen molar-refractivity contribution in [3.05, 3.63) is 35.9 Å². The second-order valence-corrected chi connectivity index (χ2v) is 6.03. The normalized spacial score (nSPS) is 14.9. The highest BCUT2D eigenvalue weighted by atomic mass is 16.2. The Bertz CT molecular complexity index is 379. The van der Waals surface area contributed by atoms with Gasteiger partial charge in [0.25, 0.3) is 0 Å². The van der Waals surface area contributed by atoms with Crippen LogP contribution in [0.25, 0.3) is 0 Å². The van der Waals surface area contributed by atoms with E-state index < -0.39 is 6.04 Å². The Balaban J connectivity index is 2.86. The molecule has 18 heavy (non-hydrogen) atoms. The van der Waals surface area contributed by atoms with Crippen LogP contribution in [0, 0.1) is 5.41 Å². The van der Waals surface area contributed by atoms with Crippen LogP contribution in [0.4, 0.5) is 0 Å². The smallest absolute Gasteiger partial charge is 0.237 e. The van der Waals surface area contributed by atoms with E-state index in [1.54, 1.807) is 6.92 Å². The van der Waals surface area contributed by atoms with Crippen molar-refractivity contribution in [3.63, 3.8) is 0 Å². The quantitative estimate of drug-likeness (QED) is 0.860. The summed E-state index contributed by atoms with van der Waals surface area (Å²) in [6.45, 7) is 8.21. The van der Waals surface area contributed by atoms with Gasteiger partial charge in [-0.3, -0.25) is 4.79 Å². The summed E-state index contributed by atoms with van der Waals surface area (Å²) in [5.41, 5.74) is 6.88. The summed E-state index contributed by atoms with van der Waals surface area (Å²) >= 11 is 0. The van der Waals surface area contributed by atoms with Gasteiger partial charge in [-0.1, -0.05) is 51.1 Å². The minimum absolute atomic E-state index is 0.0182. The average Bonchev–Trinajstić information content (AvgIpc) is 2.27. The fourth-order valence-electron chi connectivity index (χ4n) is 1.85. The fraction of sp³-hybridized carbons (Fsp3) is 0.533. The van der Waals surface area contributed by atoms with Crippen molar-refractivity contribution in [2.45, 2.75) is 46.2 Å². The third-order valence-electron chi connectivity index (χ3n) is 2.75. The molecule has 0 saturated heterocycles. The zero-order chi connectivity index (χ0) is 13.8. The fourth-order valence-corrected chi connectivity index (χ4v) is 1.85. The molecule has 0 aliphatic heterocycles. The van der Waals surface area contributed by atoms with Crippen molar-refractivity contribution in [1.29, 1.82) is 0 Å². The van der Waals surface area contributed by atoms with Gasteiger partial charge in [-0.05, 0) is 24.3 Å². The summed E-state index contributed by atoms with van der Waals surface area (Å²) in [5, 5.41) is 3.03. The molecule has 3 heteroatoms. The van der Waals surface area contributed by atoms with Crippen LogP contribution < -0.4 is 11.1 Å². The first-order chi connectivity index (χ1) is 8.29. The minimum atomic E-state index is -0.476. The summed E-state index contributed by atoms with van der Waals surface area (Å²) in [5.74, 6) is -0.104. The topological polar surface area (TPSA) is 55.1 Å². The van der Waals surface area contributed by atoms with E-state index in [1.165, 1.54) is 0 Å². The third kappa shape index (κ3) is 4.88. The molecule has 0 heterocycles. The lowest BCUT2D eigenvalue weighted by Gasteiger charge is -2.27. The summed E-state index contributed by atoms with van der Waals surface area (Å²) in [6, 6.07) is 9.58. The van der Waals surface area contributed by atoms with Gasteiger partial charge in [0.15, 0.2) is 0 Å². The number of amides is 1. The molecule has 0 saturated carbocycles. The molecule has 1 unspecified atom stereocenters. The van der Waals surface area contributed by atoms with E-state index in [0.717, 1.165) is 12.0 Å². The highest BCUT2D eigenvalue weighted by Gasteiger charge is 2.22. The van der Waals surface area contributed by atoms with Gasteiger partial charge < -0.3 is 11.1 Å². The van der Waals surface area contributed by atoms with Crippen molar-refractivity contribution in [2.75, 3.05) is 0 Å². The standard InChI is InChI=1S/C15H24N2O/c1-11(16)14(18)17-13(10-15(2,3)4)12-8-6-5-7-9-12/h5-9,11,13H,10,16H2,1-4H3,(H,17,18)/t11-,13?/m0/s1. The van der Waals surface area contributed by atoms with E-state index in [2.05, 4.69) is 26.1 Å². The molecule has 0 radical (unpaired) electrons. The SMILES string of the molecule is C[C@H](N)C(=O)NC(CC(C)(C)C)c1ccccc1. The van der Waals surface area contributed by atoms with Crippen LogP contribution in [0.2, 0.25) is 0 Å². The molecule has 1 rings (SSSR count). The molecule has 1 aromatic rings. The van der Waals surface area contributed by atoms with E-state index in [0.29, 0.717) is 0 Å². The molecular weight excluding hydrogens is 224 g/mol. The number of rotatable bonds is 4. The number of benzene rings is 1. The summed E-state index contributed by atoms with van der Waals surface area (Å²) in [4.78, 5) is 11.8. The molecule has 0 bridgehead atoms. The Labute approximate surface area is 110 Å². The van der Waals surface area contributed by atoms with Gasteiger partial charge in [0.1, 0.15) is 0 Å². The lowest BCUT2D eigenvalue weighted by molar-refractivity contribution is -0.122. The van der Waals surface area contributed by atoms with Crippen molar-refractivity contribution >= 4 is 5.91 Å². The Morgan fingerprint density at radius 2 is 1.83 bits per heavy atom. The van der Waals surface area contributed by atoms with Crippen LogP contribution in [0.5, 0.6) is 0 Å². The molecule has 3 N–H and O–H groups in total. The number of carbonyl (C=O) groups excluding carboxylic acids is 1. The zero-order valence-electron chi connectivity index (χ0n) is 11.7. The Morgan fingerprint density at radius 3 is 2.28 bits per heavy atom. The van der Waals surface area contributed by atoms with Crippen molar-refractivity contribution in [3.8, 4) is 0 Å². The summed E-state index contributed by atoms with van der Waals surface area (Å²) in [7, 11) is 0. The Kier molecular flexibility index (Phi) is 4.91. The number of hydrogen-bond acceptors (Lipinski definition) is 2. The van der Waals surface area contributed by atoms with Gasteiger partial charge in [-0.15, -0.1) is 0 Å². The Morgan fingerprint density at radius 1 is 1.28 bits per heavy atom. The van der Waals surface area contributed by atoms with Gasteiger partial charge in [0, 0.05) is 0 Å². The van der Waals surface area contributed by atoms with Crippen LogP contribution in [-0.2, 0) is 4.79 Å². The van der Waals surface area contributed by atoms with Crippen LogP contribution in [0.3, 0.4) is 0 Å². The number of hydrogen-bond donors (Lipinski definition) is 2. The molecule has 3 nitrogen and oxygen atoms in total. The van der Waals surface area contributed by atoms with Gasteiger partial charge in [-0.25, -0.2) is 0 Å². The summed E-state index contributed by atoms with van der Waals surface area (Å²) < 4.78 is 0. The first-order valence-corrected chi connectivity index (χ1v) is 6.40. The van der Waals surface area contributed by atoms with Crippen LogP contribution in [0.1, 0.15) is 45.7 Å². The number of nitrogens with two attached hydrogens (primary N) is 1. The van der Waals surface area contributed by atoms with Crippen molar-refractivity contribution in [1.82, 2.24) is 5.32 Å². The van der Waals surface area contributed by atoms with Gasteiger partial charge in [0.05, 0.1) is 12.1 Å². The lowest BCUT2D eigenvalue weighted by Crippen LogP contribution is -2.41. The maximum absolute atomic E-state index is 11.8. The first-order valence-electron chi connectivity index (χ1n) is 6.40. The van der Waals surface area contributed by atoms with Gasteiger partial charge >= 0.3 is 0 Å². The first kappa shape index (κ1) is 14.7. The molecule has 0 aromatic heterocycles. The van der Waals surface area contributed by atoms with Gasteiger partial charge in [-0.2, -0.15) is 0 Å². The van der Waals surface area contributed by atoms with E-state index in [4.69, 9.17) is 5.73 Å². The monoisotopic (exact) mass is 248 g/mol. The Hall–Kier alpha value is -1.35. The lowest BCUT2D eigenvalue weighted by atomic mass is 9.85. The third-order valence-corrected chi connectivity index (χ3v) is 2.75. The van der Waals surface area contributed by atoms with E-state index >= 15 is 0 Å².